The molecule has 6 heteroatoms. The summed E-state index contributed by atoms with van der Waals surface area (Å²) in [6, 6.07) is 4.48. The Kier molecular flexibility index (Phi) is 7.95. The highest BCUT2D eigenvalue weighted by Gasteiger charge is 2.10. The third-order valence-corrected chi connectivity index (χ3v) is 4.42. The number of hydrogen-bond acceptors (Lipinski definition) is 3. The van der Waals surface area contributed by atoms with Crippen molar-refractivity contribution in [2.24, 2.45) is 10.9 Å². The van der Waals surface area contributed by atoms with E-state index in [1.54, 1.807) is 30.3 Å². The zero-order valence-electron chi connectivity index (χ0n) is 14.2. The summed E-state index contributed by atoms with van der Waals surface area (Å²) < 4.78 is 0. The number of carbonyl (C=O) groups is 1. The Hall–Kier alpha value is -1.56. The molecule has 0 saturated heterocycles. The first-order valence-electron chi connectivity index (χ1n) is 7.67. The highest BCUT2D eigenvalue weighted by atomic mass is 32.1. The first-order chi connectivity index (χ1) is 10.4. The lowest BCUT2D eigenvalue weighted by molar-refractivity contribution is -0.127. The van der Waals surface area contributed by atoms with E-state index in [4.69, 9.17) is 0 Å². The maximum atomic E-state index is 11.7. The lowest BCUT2D eigenvalue weighted by Crippen LogP contribution is -2.45. The third-order valence-electron chi connectivity index (χ3n) is 3.48. The highest BCUT2D eigenvalue weighted by Crippen LogP contribution is 2.08. The van der Waals surface area contributed by atoms with E-state index in [0.717, 1.165) is 13.0 Å². The van der Waals surface area contributed by atoms with Crippen molar-refractivity contribution in [3.05, 3.63) is 22.4 Å². The normalized spacial score (nSPS) is 13.1. The predicted molar refractivity (Wildman–Crippen MR) is 94.5 cm³/mol. The molecular weight excluding hydrogens is 296 g/mol. The molecule has 5 nitrogen and oxygen atoms in total. The zero-order valence-corrected chi connectivity index (χ0v) is 15.0. The van der Waals surface area contributed by atoms with Gasteiger partial charge < -0.3 is 15.5 Å². The molecule has 0 aliphatic carbocycles. The van der Waals surface area contributed by atoms with E-state index in [9.17, 15) is 4.79 Å². The average molecular weight is 324 g/mol. The monoisotopic (exact) mass is 324 g/mol. The van der Waals surface area contributed by atoms with E-state index in [1.165, 1.54) is 4.88 Å². The van der Waals surface area contributed by atoms with Gasteiger partial charge >= 0.3 is 0 Å². The molecule has 0 saturated carbocycles. The van der Waals surface area contributed by atoms with Crippen LogP contribution in [0.3, 0.4) is 0 Å². The second kappa shape index (κ2) is 9.46. The summed E-state index contributed by atoms with van der Waals surface area (Å²) in [5, 5.41) is 8.76. The van der Waals surface area contributed by atoms with Gasteiger partial charge in [-0.05, 0) is 30.7 Å². The summed E-state index contributed by atoms with van der Waals surface area (Å²) in [5.74, 6) is 1.19. The van der Waals surface area contributed by atoms with Crippen LogP contribution in [0.5, 0.6) is 0 Å². The van der Waals surface area contributed by atoms with Crippen LogP contribution in [-0.4, -0.2) is 50.0 Å². The lowest BCUT2D eigenvalue weighted by atomic mass is 10.1. The standard InChI is InChI=1S/C16H28N4OS/c1-12(2)13(3)19-16(18-11-15(21)20(4)5)17-9-8-14-7-6-10-22-14/h6-7,10,12-13H,8-9,11H2,1-5H3,(H2,17,18,19). The number of amides is 1. The van der Waals surface area contributed by atoms with Gasteiger partial charge in [0.1, 0.15) is 6.54 Å². The molecule has 1 aromatic heterocycles. The van der Waals surface area contributed by atoms with Crippen molar-refractivity contribution in [3.8, 4) is 0 Å². The van der Waals surface area contributed by atoms with Gasteiger partial charge in [0.25, 0.3) is 0 Å². The molecular formula is C16H28N4OS. The van der Waals surface area contributed by atoms with Crippen LogP contribution < -0.4 is 10.6 Å². The fourth-order valence-corrected chi connectivity index (χ4v) is 2.29. The Morgan fingerprint density at radius 3 is 2.64 bits per heavy atom. The number of rotatable bonds is 7. The van der Waals surface area contributed by atoms with Crippen LogP contribution in [0.1, 0.15) is 25.6 Å². The number of likely N-dealkylation sites (N-methyl/N-ethyl adjacent to an activating group) is 1. The average Bonchev–Trinajstić information content (AvgIpc) is 2.96. The number of aliphatic imine (C=N–C) groups is 1. The summed E-state index contributed by atoms with van der Waals surface area (Å²) in [5.41, 5.74) is 0. The van der Waals surface area contributed by atoms with Crippen LogP contribution in [0.2, 0.25) is 0 Å². The zero-order chi connectivity index (χ0) is 16.5. The fourth-order valence-electron chi connectivity index (χ4n) is 1.58. The topological polar surface area (TPSA) is 56.7 Å². The number of guanidine groups is 1. The molecule has 1 atom stereocenters. The van der Waals surface area contributed by atoms with E-state index < -0.39 is 0 Å². The molecule has 124 valence electrons. The Bertz CT molecular complexity index is 469. The Morgan fingerprint density at radius 2 is 2.09 bits per heavy atom. The molecule has 1 unspecified atom stereocenters. The highest BCUT2D eigenvalue weighted by molar-refractivity contribution is 7.09. The first-order valence-corrected chi connectivity index (χ1v) is 8.55. The molecule has 1 heterocycles. The second-order valence-corrected chi connectivity index (χ2v) is 6.92. The quantitative estimate of drug-likeness (QED) is 0.595. The second-order valence-electron chi connectivity index (χ2n) is 5.89. The molecule has 0 aliphatic rings. The van der Waals surface area contributed by atoms with Crippen LogP contribution in [0.25, 0.3) is 0 Å². The minimum atomic E-state index is -0.00319. The number of nitrogens with zero attached hydrogens (tertiary/aromatic N) is 2. The van der Waals surface area contributed by atoms with Crippen molar-refractivity contribution in [2.45, 2.75) is 33.2 Å². The minimum Gasteiger partial charge on any atom is -0.356 e. The summed E-state index contributed by atoms with van der Waals surface area (Å²) in [4.78, 5) is 19.0. The van der Waals surface area contributed by atoms with E-state index in [-0.39, 0.29) is 12.5 Å². The van der Waals surface area contributed by atoms with Gasteiger partial charge in [-0.15, -0.1) is 11.3 Å². The molecule has 1 rings (SSSR count). The van der Waals surface area contributed by atoms with Crippen molar-refractivity contribution >= 4 is 23.2 Å². The summed E-state index contributed by atoms with van der Waals surface area (Å²) in [6.45, 7) is 7.40. The molecule has 0 aromatic carbocycles. The van der Waals surface area contributed by atoms with E-state index in [2.05, 4.69) is 53.9 Å². The summed E-state index contributed by atoms with van der Waals surface area (Å²) in [6.07, 6.45) is 0.954. The van der Waals surface area contributed by atoms with Crippen LogP contribution >= 0.6 is 11.3 Å². The number of hydrogen-bond donors (Lipinski definition) is 2. The van der Waals surface area contributed by atoms with Crippen molar-refractivity contribution in [1.82, 2.24) is 15.5 Å². The van der Waals surface area contributed by atoms with Crippen LogP contribution in [-0.2, 0) is 11.2 Å². The van der Waals surface area contributed by atoms with Gasteiger partial charge in [0.05, 0.1) is 0 Å². The summed E-state index contributed by atoms with van der Waals surface area (Å²) in [7, 11) is 3.48. The maximum absolute atomic E-state index is 11.7. The van der Waals surface area contributed by atoms with Gasteiger partial charge in [0.2, 0.25) is 5.91 Å². The Morgan fingerprint density at radius 1 is 1.36 bits per heavy atom. The molecule has 0 aliphatic heterocycles. The van der Waals surface area contributed by atoms with E-state index >= 15 is 0 Å². The maximum Gasteiger partial charge on any atom is 0.243 e. The van der Waals surface area contributed by atoms with Crippen LogP contribution in [0, 0.1) is 5.92 Å². The van der Waals surface area contributed by atoms with Crippen LogP contribution in [0.15, 0.2) is 22.5 Å². The predicted octanol–water partition coefficient (Wildman–Crippen LogP) is 1.96. The van der Waals surface area contributed by atoms with Crippen molar-refractivity contribution < 1.29 is 4.79 Å². The van der Waals surface area contributed by atoms with Crippen LogP contribution in [0.4, 0.5) is 0 Å². The largest absolute Gasteiger partial charge is 0.356 e. The van der Waals surface area contributed by atoms with E-state index in [1.807, 2.05) is 0 Å². The number of carbonyl (C=O) groups excluding carboxylic acids is 1. The van der Waals surface area contributed by atoms with Crippen molar-refractivity contribution in [1.29, 1.82) is 0 Å². The molecule has 0 bridgehead atoms. The van der Waals surface area contributed by atoms with Gasteiger partial charge in [-0.1, -0.05) is 19.9 Å². The van der Waals surface area contributed by atoms with Gasteiger partial charge in [-0.2, -0.15) is 0 Å². The molecule has 0 radical (unpaired) electrons. The fraction of sp³-hybridized carbons (Fsp3) is 0.625. The van der Waals surface area contributed by atoms with E-state index in [0.29, 0.717) is 17.9 Å². The third kappa shape index (κ3) is 6.93. The Balaban J connectivity index is 2.56. The molecule has 0 fully saturated rings. The molecule has 1 amide bonds. The Labute approximate surface area is 137 Å². The summed E-state index contributed by atoms with van der Waals surface area (Å²) >= 11 is 1.75. The number of thiophene rings is 1. The SMILES string of the molecule is CC(C)C(C)NC(=NCC(=O)N(C)C)NCCc1cccs1. The van der Waals surface area contributed by atoms with Gasteiger partial charge in [0, 0.05) is 31.6 Å². The first kappa shape index (κ1) is 18.5. The van der Waals surface area contributed by atoms with Crippen molar-refractivity contribution in [3.63, 3.8) is 0 Å². The number of nitrogens with one attached hydrogen (secondary N) is 2. The molecule has 1 aromatic rings. The van der Waals surface area contributed by atoms with Gasteiger partial charge in [-0.25, -0.2) is 4.99 Å². The minimum absolute atomic E-state index is 0.00319. The van der Waals surface area contributed by atoms with Crippen molar-refractivity contribution in [2.75, 3.05) is 27.2 Å². The molecule has 22 heavy (non-hydrogen) atoms. The molecule has 0 spiro atoms. The lowest BCUT2D eigenvalue weighted by Gasteiger charge is -2.21. The van der Waals surface area contributed by atoms with Gasteiger partial charge in [0.15, 0.2) is 5.96 Å². The molecule has 2 N–H and O–H groups in total. The smallest absolute Gasteiger partial charge is 0.243 e. The van der Waals surface area contributed by atoms with Gasteiger partial charge in [-0.3, -0.25) is 4.79 Å².